The molecule has 0 aliphatic heterocycles. The van der Waals surface area contributed by atoms with Gasteiger partial charge in [0.1, 0.15) is 5.75 Å². The number of carboxylic acids is 1. The van der Waals surface area contributed by atoms with E-state index in [-0.39, 0.29) is 24.5 Å². The largest absolute Gasteiger partial charge is 0.493 e. The van der Waals surface area contributed by atoms with Crippen molar-refractivity contribution in [3.63, 3.8) is 0 Å². The molecule has 0 atom stereocenters. The van der Waals surface area contributed by atoms with Crippen LogP contribution in [-0.2, 0) is 4.79 Å². The molecule has 0 aromatic heterocycles. The van der Waals surface area contributed by atoms with Gasteiger partial charge in [-0.1, -0.05) is 0 Å². The number of carboxylic acid groups (broad SMARTS) is 1. The molecule has 0 spiro atoms. The van der Waals surface area contributed by atoms with Crippen molar-refractivity contribution in [1.82, 2.24) is 5.32 Å². The van der Waals surface area contributed by atoms with Crippen LogP contribution in [0, 0.1) is 0 Å². The van der Waals surface area contributed by atoms with Gasteiger partial charge in [-0.2, -0.15) is 0 Å². The standard InChI is InChI=1S/C14H19NO4/c1-14(2,3)15-13(18)10-4-6-11(7-5-10)19-9-8-12(16)17/h4-7H,8-9H2,1-3H3,(H,15,18)(H,16,17). The van der Waals surface area contributed by atoms with Crippen LogP contribution in [0.15, 0.2) is 24.3 Å². The van der Waals surface area contributed by atoms with E-state index in [1.54, 1.807) is 24.3 Å². The molecule has 5 heteroatoms. The first-order chi connectivity index (χ1) is 8.78. The number of carbonyl (C=O) groups excluding carboxylic acids is 1. The number of benzene rings is 1. The average Bonchev–Trinajstić information content (AvgIpc) is 2.27. The molecule has 1 aromatic rings. The molecule has 104 valence electrons. The number of carbonyl (C=O) groups is 2. The number of nitrogens with one attached hydrogen (secondary N) is 1. The predicted octanol–water partition coefficient (Wildman–Crippen LogP) is 2.07. The fourth-order valence-electron chi connectivity index (χ4n) is 1.37. The SMILES string of the molecule is CC(C)(C)NC(=O)c1ccc(OCCC(=O)O)cc1. The number of aliphatic carboxylic acids is 1. The van der Waals surface area contributed by atoms with Crippen LogP contribution in [0.3, 0.4) is 0 Å². The summed E-state index contributed by atoms with van der Waals surface area (Å²) in [6, 6.07) is 6.60. The van der Waals surface area contributed by atoms with Crippen LogP contribution in [0.25, 0.3) is 0 Å². The van der Waals surface area contributed by atoms with Gasteiger partial charge in [0.15, 0.2) is 0 Å². The van der Waals surface area contributed by atoms with Gasteiger partial charge in [-0.3, -0.25) is 9.59 Å². The Balaban J connectivity index is 2.56. The van der Waals surface area contributed by atoms with Gasteiger partial charge in [0.25, 0.3) is 5.91 Å². The summed E-state index contributed by atoms with van der Waals surface area (Å²) in [6.07, 6.45) is -0.0493. The predicted molar refractivity (Wildman–Crippen MR) is 71.4 cm³/mol. The Kier molecular flexibility index (Phi) is 4.92. The van der Waals surface area contributed by atoms with Crippen molar-refractivity contribution >= 4 is 11.9 Å². The Labute approximate surface area is 112 Å². The maximum atomic E-state index is 11.8. The van der Waals surface area contributed by atoms with E-state index in [1.807, 2.05) is 20.8 Å². The highest BCUT2D eigenvalue weighted by Crippen LogP contribution is 2.13. The van der Waals surface area contributed by atoms with Gasteiger partial charge in [-0.15, -0.1) is 0 Å². The molecule has 0 saturated heterocycles. The van der Waals surface area contributed by atoms with E-state index in [9.17, 15) is 9.59 Å². The number of ether oxygens (including phenoxy) is 1. The summed E-state index contributed by atoms with van der Waals surface area (Å²) in [4.78, 5) is 22.2. The van der Waals surface area contributed by atoms with Crippen molar-refractivity contribution in [1.29, 1.82) is 0 Å². The van der Waals surface area contributed by atoms with Gasteiger partial charge in [-0.05, 0) is 45.0 Å². The Morgan fingerprint density at radius 3 is 2.26 bits per heavy atom. The first kappa shape index (κ1) is 15.0. The fraction of sp³-hybridized carbons (Fsp3) is 0.429. The number of hydrogen-bond acceptors (Lipinski definition) is 3. The molecule has 0 aliphatic carbocycles. The Bertz CT molecular complexity index is 446. The van der Waals surface area contributed by atoms with E-state index >= 15 is 0 Å². The van der Waals surface area contributed by atoms with Gasteiger partial charge in [0.2, 0.25) is 0 Å². The highest BCUT2D eigenvalue weighted by molar-refractivity contribution is 5.94. The Hall–Kier alpha value is -2.04. The molecule has 1 aromatic carbocycles. The number of hydrogen-bond donors (Lipinski definition) is 2. The lowest BCUT2D eigenvalue weighted by molar-refractivity contribution is -0.137. The topological polar surface area (TPSA) is 75.6 Å². The molecular weight excluding hydrogens is 246 g/mol. The van der Waals surface area contributed by atoms with Crippen molar-refractivity contribution < 1.29 is 19.4 Å². The van der Waals surface area contributed by atoms with Crippen LogP contribution >= 0.6 is 0 Å². The van der Waals surface area contributed by atoms with Crippen molar-refractivity contribution in [3.8, 4) is 5.75 Å². The summed E-state index contributed by atoms with van der Waals surface area (Å²) < 4.78 is 5.24. The van der Waals surface area contributed by atoms with Crippen molar-refractivity contribution in [3.05, 3.63) is 29.8 Å². The molecule has 2 N–H and O–H groups in total. The van der Waals surface area contributed by atoms with E-state index in [4.69, 9.17) is 9.84 Å². The number of amides is 1. The average molecular weight is 265 g/mol. The van der Waals surface area contributed by atoms with E-state index < -0.39 is 5.97 Å². The third-order valence-corrected chi connectivity index (χ3v) is 2.19. The molecule has 19 heavy (non-hydrogen) atoms. The van der Waals surface area contributed by atoms with Crippen LogP contribution in [0.2, 0.25) is 0 Å². The molecule has 0 bridgehead atoms. The van der Waals surface area contributed by atoms with Crippen LogP contribution < -0.4 is 10.1 Å². The quantitative estimate of drug-likeness (QED) is 0.854. The summed E-state index contributed by atoms with van der Waals surface area (Å²) in [5.41, 5.74) is 0.258. The minimum absolute atomic E-state index is 0.0493. The van der Waals surface area contributed by atoms with Gasteiger partial charge in [-0.25, -0.2) is 0 Å². The maximum Gasteiger partial charge on any atom is 0.306 e. The second-order valence-corrected chi connectivity index (χ2v) is 5.22. The molecule has 1 amide bonds. The van der Waals surface area contributed by atoms with E-state index in [2.05, 4.69) is 5.32 Å². The summed E-state index contributed by atoms with van der Waals surface area (Å²) in [5.74, 6) is -0.501. The molecule has 5 nitrogen and oxygen atoms in total. The molecule has 0 aliphatic rings. The number of rotatable bonds is 5. The lowest BCUT2D eigenvalue weighted by Gasteiger charge is -2.20. The highest BCUT2D eigenvalue weighted by atomic mass is 16.5. The second-order valence-electron chi connectivity index (χ2n) is 5.22. The van der Waals surface area contributed by atoms with E-state index in [0.717, 1.165) is 0 Å². The second kappa shape index (κ2) is 6.22. The third kappa shape index (κ3) is 5.90. The lowest BCUT2D eigenvalue weighted by atomic mass is 10.1. The monoisotopic (exact) mass is 265 g/mol. The molecule has 0 unspecified atom stereocenters. The molecule has 0 heterocycles. The highest BCUT2D eigenvalue weighted by Gasteiger charge is 2.15. The van der Waals surface area contributed by atoms with Gasteiger partial charge in [0.05, 0.1) is 13.0 Å². The third-order valence-electron chi connectivity index (χ3n) is 2.19. The van der Waals surface area contributed by atoms with Crippen LogP contribution in [0.4, 0.5) is 0 Å². The van der Waals surface area contributed by atoms with Crippen LogP contribution in [0.1, 0.15) is 37.6 Å². The zero-order valence-electron chi connectivity index (χ0n) is 11.4. The van der Waals surface area contributed by atoms with Gasteiger partial charge in [0, 0.05) is 11.1 Å². The molecule has 1 rings (SSSR count). The molecular formula is C14H19NO4. The van der Waals surface area contributed by atoms with Crippen LogP contribution in [0.5, 0.6) is 5.75 Å². The first-order valence-electron chi connectivity index (χ1n) is 6.05. The summed E-state index contributed by atoms with van der Waals surface area (Å²) in [5, 5.41) is 11.3. The van der Waals surface area contributed by atoms with Gasteiger partial charge >= 0.3 is 5.97 Å². The normalized spacial score (nSPS) is 10.9. The smallest absolute Gasteiger partial charge is 0.306 e. The zero-order valence-corrected chi connectivity index (χ0v) is 11.4. The van der Waals surface area contributed by atoms with Crippen molar-refractivity contribution in [2.24, 2.45) is 0 Å². The van der Waals surface area contributed by atoms with Crippen LogP contribution in [-0.4, -0.2) is 29.1 Å². The first-order valence-corrected chi connectivity index (χ1v) is 6.05. The summed E-state index contributed by atoms with van der Waals surface area (Å²) in [6.45, 7) is 5.85. The minimum Gasteiger partial charge on any atom is -0.493 e. The Morgan fingerprint density at radius 2 is 1.79 bits per heavy atom. The van der Waals surface area contributed by atoms with E-state index in [1.165, 1.54) is 0 Å². The fourth-order valence-corrected chi connectivity index (χ4v) is 1.37. The minimum atomic E-state index is -0.902. The van der Waals surface area contributed by atoms with Crippen molar-refractivity contribution in [2.75, 3.05) is 6.61 Å². The summed E-state index contributed by atoms with van der Waals surface area (Å²) >= 11 is 0. The zero-order chi connectivity index (χ0) is 14.5. The summed E-state index contributed by atoms with van der Waals surface area (Å²) in [7, 11) is 0. The molecule has 0 radical (unpaired) electrons. The van der Waals surface area contributed by atoms with Crippen molar-refractivity contribution in [2.45, 2.75) is 32.7 Å². The van der Waals surface area contributed by atoms with E-state index in [0.29, 0.717) is 11.3 Å². The Morgan fingerprint density at radius 1 is 1.21 bits per heavy atom. The van der Waals surface area contributed by atoms with Gasteiger partial charge < -0.3 is 15.2 Å². The molecule has 0 saturated carbocycles. The molecule has 0 fully saturated rings. The lowest BCUT2D eigenvalue weighted by Crippen LogP contribution is -2.40. The maximum absolute atomic E-state index is 11.8.